The molecular weight excluding hydrogens is 254 g/mol. The first kappa shape index (κ1) is 11.8. The highest BCUT2D eigenvalue weighted by Gasteiger charge is 2.11. The highest BCUT2D eigenvalue weighted by Crippen LogP contribution is 2.27. The van der Waals surface area contributed by atoms with Gasteiger partial charge < -0.3 is 0 Å². The quantitative estimate of drug-likeness (QED) is 0.725. The minimum absolute atomic E-state index is 0.314. The lowest BCUT2D eigenvalue weighted by molar-refractivity contribution is 1.04. The lowest BCUT2D eigenvalue weighted by Crippen LogP contribution is -1.95. The van der Waals surface area contributed by atoms with Gasteiger partial charge in [-0.2, -0.15) is 5.26 Å². The number of fused-ring (bicyclic) bond motifs is 1. The van der Waals surface area contributed by atoms with Gasteiger partial charge in [-0.15, -0.1) is 0 Å². The third-order valence-electron chi connectivity index (χ3n) is 2.76. The molecule has 0 N–H and O–H groups in total. The van der Waals surface area contributed by atoms with Crippen LogP contribution in [0.4, 0.5) is 0 Å². The SMILES string of the molecule is N#CCc1nc2ccccc2n1Sc1ccccc1. The van der Waals surface area contributed by atoms with Crippen molar-refractivity contribution in [3.05, 3.63) is 60.4 Å². The molecule has 19 heavy (non-hydrogen) atoms. The molecule has 0 spiro atoms. The van der Waals surface area contributed by atoms with Crippen LogP contribution >= 0.6 is 11.9 Å². The van der Waals surface area contributed by atoms with Crippen LogP contribution in [-0.4, -0.2) is 8.96 Å². The monoisotopic (exact) mass is 265 g/mol. The van der Waals surface area contributed by atoms with Gasteiger partial charge in [0.2, 0.25) is 0 Å². The number of aromatic nitrogens is 2. The average Bonchev–Trinajstić information content (AvgIpc) is 2.79. The second-order valence-corrected chi connectivity index (χ2v) is 5.07. The smallest absolute Gasteiger partial charge is 0.134 e. The third-order valence-corrected chi connectivity index (χ3v) is 3.83. The molecule has 3 aromatic rings. The van der Waals surface area contributed by atoms with Crippen LogP contribution in [-0.2, 0) is 6.42 Å². The number of hydrogen-bond acceptors (Lipinski definition) is 3. The Labute approximate surface area is 115 Å². The minimum Gasteiger partial charge on any atom is -0.264 e. The Kier molecular flexibility index (Phi) is 3.21. The van der Waals surface area contributed by atoms with Crippen molar-refractivity contribution >= 4 is 23.0 Å². The van der Waals surface area contributed by atoms with Crippen molar-refractivity contribution in [2.45, 2.75) is 11.3 Å². The highest BCUT2D eigenvalue weighted by atomic mass is 32.2. The van der Waals surface area contributed by atoms with Gasteiger partial charge in [0.15, 0.2) is 0 Å². The molecule has 2 aromatic carbocycles. The van der Waals surface area contributed by atoms with E-state index in [0.29, 0.717) is 6.42 Å². The van der Waals surface area contributed by atoms with Gasteiger partial charge in [0.05, 0.1) is 23.5 Å². The van der Waals surface area contributed by atoms with Crippen molar-refractivity contribution < 1.29 is 0 Å². The van der Waals surface area contributed by atoms with E-state index in [1.807, 2.05) is 46.4 Å². The molecule has 0 unspecified atom stereocenters. The van der Waals surface area contributed by atoms with E-state index in [2.05, 4.69) is 23.2 Å². The zero-order valence-electron chi connectivity index (χ0n) is 10.2. The molecule has 3 rings (SSSR count). The van der Waals surface area contributed by atoms with E-state index in [9.17, 15) is 0 Å². The number of nitrogens with zero attached hydrogens (tertiary/aromatic N) is 3. The van der Waals surface area contributed by atoms with Crippen LogP contribution in [0.15, 0.2) is 59.5 Å². The van der Waals surface area contributed by atoms with Gasteiger partial charge >= 0.3 is 0 Å². The molecule has 0 saturated heterocycles. The molecule has 0 saturated carbocycles. The summed E-state index contributed by atoms with van der Waals surface area (Å²) in [5.74, 6) is 0.789. The molecule has 0 aliphatic rings. The number of para-hydroxylation sites is 2. The van der Waals surface area contributed by atoms with Crippen LogP contribution in [0.2, 0.25) is 0 Å². The van der Waals surface area contributed by atoms with Crippen molar-refractivity contribution in [3.63, 3.8) is 0 Å². The van der Waals surface area contributed by atoms with E-state index in [1.54, 1.807) is 11.9 Å². The predicted octanol–water partition coefficient (Wildman–Crippen LogP) is 3.66. The zero-order chi connectivity index (χ0) is 13.1. The fraction of sp³-hybridized carbons (Fsp3) is 0.0667. The van der Waals surface area contributed by atoms with E-state index in [0.717, 1.165) is 21.8 Å². The van der Waals surface area contributed by atoms with Crippen molar-refractivity contribution in [1.29, 1.82) is 5.26 Å². The Morgan fingerprint density at radius 1 is 1.05 bits per heavy atom. The molecule has 0 atom stereocenters. The fourth-order valence-electron chi connectivity index (χ4n) is 1.92. The first-order chi connectivity index (χ1) is 9.38. The van der Waals surface area contributed by atoms with Gasteiger partial charge in [-0.3, -0.25) is 3.97 Å². The lowest BCUT2D eigenvalue weighted by atomic mass is 10.3. The first-order valence-corrected chi connectivity index (χ1v) is 6.72. The molecule has 0 amide bonds. The van der Waals surface area contributed by atoms with Gasteiger partial charge in [0.25, 0.3) is 0 Å². The largest absolute Gasteiger partial charge is 0.264 e. The maximum Gasteiger partial charge on any atom is 0.134 e. The van der Waals surface area contributed by atoms with Crippen molar-refractivity contribution in [1.82, 2.24) is 8.96 Å². The van der Waals surface area contributed by atoms with Crippen molar-refractivity contribution in [2.24, 2.45) is 0 Å². The van der Waals surface area contributed by atoms with E-state index in [1.165, 1.54) is 0 Å². The summed E-state index contributed by atoms with van der Waals surface area (Å²) in [5, 5.41) is 8.92. The van der Waals surface area contributed by atoms with Gasteiger partial charge in [-0.05, 0) is 36.2 Å². The number of nitriles is 1. The summed E-state index contributed by atoms with van der Waals surface area (Å²) in [6, 6.07) is 20.2. The summed E-state index contributed by atoms with van der Waals surface area (Å²) in [6.45, 7) is 0. The van der Waals surface area contributed by atoms with E-state index in [-0.39, 0.29) is 0 Å². The minimum atomic E-state index is 0.314. The maximum atomic E-state index is 8.92. The molecule has 92 valence electrons. The Hall–Kier alpha value is -2.25. The number of benzene rings is 2. The second-order valence-electron chi connectivity index (χ2n) is 4.05. The van der Waals surface area contributed by atoms with Crippen LogP contribution < -0.4 is 0 Å². The summed E-state index contributed by atoms with van der Waals surface area (Å²) < 4.78 is 2.04. The fourth-order valence-corrected chi connectivity index (χ4v) is 2.88. The summed E-state index contributed by atoms with van der Waals surface area (Å²) in [4.78, 5) is 5.65. The van der Waals surface area contributed by atoms with Gasteiger partial charge in [0, 0.05) is 4.90 Å². The van der Waals surface area contributed by atoms with Crippen LogP contribution in [0.25, 0.3) is 11.0 Å². The summed E-state index contributed by atoms with van der Waals surface area (Å²) in [5.41, 5.74) is 1.97. The molecule has 0 aliphatic carbocycles. The lowest BCUT2D eigenvalue weighted by Gasteiger charge is -2.05. The Morgan fingerprint density at radius 3 is 2.58 bits per heavy atom. The molecule has 0 bridgehead atoms. The number of hydrogen-bond donors (Lipinski definition) is 0. The Morgan fingerprint density at radius 2 is 1.79 bits per heavy atom. The predicted molar refractivity (Wildman–Crippen MR) is 76.7 cm³/mol. The van der Waals surface area contributed by atoms with Gasteiger partial charge in [-0.1, -0.05) is 30.3 Å². The summed E-state index contributed by atoms with van der Waals surface area (Å²) in [7, 11) is 0. The zero-order valence-corrected chi connectivity index (χ0v) is 11.0. The molecule has 0 radical (unpaired) electrons. The summed E-state index contributed by atoms with van der Waals surface area (Å²) >= 11 is 1.59. The van der Waals surface area contributed by atoms with Crippen LogP contribution in [0.1, 0.15) is 5.82 Å². The van der Waals surface area contributed by atoms with E-state index in [4.69, 9.17) is 5.26 Å². The molecule has 3 nitrogen and oxygen atoms in total. The number of imidazole rings is 1. The first-order valence-electron chi connectivity index (χ1n) is 5.95. The van der Waals surface area contributed by atoms with E-state index >= 15 is 0 Å². The average molecular weight is 265 g/mol. The molecule has 1 heterocycles. The van der Waals surface area contributed by atoms with E-state index < -0.39 is 0 Å². The highest BCUT2D eigenvalue weighted by molar-refractivity contribution is 7.98. The Bertz CT molecular complexity index is 741. The van der Waals surface area contributed by atoms with Crippen molar-refractivity contribution in [2.75, 3.05) is 0 Å². The maximum absolute atomic E-state index is 8.92. The standard InChI is InChI=1S/C15H11N3S/c16-11-10-15-17-13-8-4-5-9-14(13)18(15)19-12-6-2-1-3-7-12/h1-9H,10H2. The van der Waals surface area contributed by atoms with Crippen LogP contribution in [0, 0.1) is 11.3 Å². The van der Waals surface area contributed by atoms with Gasteiger partial charge in [0.1, 0.15) is 5.82 Å². The molecule has 0 aliphatic heterocycles. The van der Waals surface area contributed by atoms with Crippen LogP contribution in [0.5, 0.6) is 0 Å². The molecular formula is C15H11N3S. The third kappa shape index (κ3) is 2.33. The Balaban J connectivity index is 2.10. The van der Waals surface area contributed by atoms with Crippen LogP contribution in [0.3, 0.4) is 0 Å². The second kappa shape index (κ2) is 5.17. The summed E-state index contributed by atoms with van der Waals surface area (Å²) in [6.07, 6.45) is 0.314. The molecule has 0 fully saturated rings. The molecule has 4 heteroatoms. The number of rotatable bonds is 3. The topological polar surface area (TPSA) is 41.6 Å². The van der Waals surface area contributed by atoms with Gasteiger partial charge in [-0.25, -0.2) is 4.98 Å². The van der Waals surface area contributed by atoms with Crippen molar-refractivity contribution in [3.8, 4) is 6.07 Å². The molecule has 1 aromatic heterocycles. The normalized spacial score (nSPS) is 10.5.